The quantitative estimate of drug-likeness (QED) is 0.452. The molecule has 0 atom stereocenters. The maximum atomic E-state index is 4.94. The second kappa shape index (κ2) is 7.41. The third kappa shape index (κ3) is 3.45. The highest BCUT2D eigenvalue weighted by molar-refractivity contribution is 6.51. The van der Waals surface area contributed by atoms with E-state index >= 15 is 0 Å². The molecule has 0 amide bonds. The minimum atomic E-state index is 0.993. The molecule has 0 aliphatic carbocycles. The van der Waals surface area contributed by atoms with Gasteiger partial charge in [0.15, 0.2) is 0 Å². The van der Waals surface area contributed by atoms with Gasteiger partial charge in [-0.05, 0) is 23.3 Å². The van der Waals surface area contributed by atoms with Gasteiger partial charge >= 0.3 is 0 Å². The Labute approximate surface area is 155 Å². The third-order valence-electron chi connectivity index (χ3n) is 4.54. The summed E-state index contributed by atoms with van der Waals surface area (Å²) >= 11 is 0. The zero-order valence-corrected chi connectivity index (χ0v) is 14.8. The zero-order valence-electron chi connectivity index (χ0n) is 14.8. The molecule has 26 heavy (non-hydrogen) atoms. The summed E-state index contributed by atoms with van der Waals surface area (Å²) in [7, 11) is 2.10. The van der Waals surface area contributed by atoms with Crippen LogP contribution in [-0.4, -0.2) is 12.3 Å². The first-order valence-electron chi connectivity index (χ1n) is 8.86. The van der Waals surface area contributed by atoms with Gasteiger partial charge in [-0.3, -0.25) is 0 Å². The molecule has 0 aliphatic heterocycles. The molecule has 4 rings (SSSR count). The maximum Gasteiger partial charge on any atom is 0.148 e. The molecule has 123 valence electrons. The average molecular weight is 332 g/mol. The van der Waals surface area contributed by atoms with E-state index in [-0.39, 0.29) is 0 Å². The SMILES string of the molecule is C[B]c1ccc(-c2cc(-c3ccccc3)cc(-c3ccccc3)n2)cc1. The number of hydrogen-bond acceptors (Lipinski definition) is 1. The summed E-state index contributed by atoms with van der Waals surface area (Å²) in [6.07, 6.45) is 0. The molecule has 0 bridgehead atoms. The van der Waals surface area contributed by atoms with E-state index in [1.54, 1.807) is 0 Å². The highest BCUT2D eigenvalue weighted by Crippen LogP contribution is 2.29. The molecule has 0 spiro atoms. The molecular formula is C24H19BN. The van der Waals surface area contributed by atoms with Gasteiger partial charge in [0.05, 0.1) is 11.4 Å². The van der Waals surface area contributed by atoms with Gasteiger partial charge in [0.1, 0.15) is 7.28 Å². The lowest BCUT2D eigenvalue weighted by molar-refractivity contribution is 1.32. The van der Waals surface area contributed by atoms with Gasteiger partial charge in [0.25, 0.3) is 0 Å². The second-order valence-corrected chi connectivity index (χ2v) is 6.27. The van der Waals surface area contributed by atoms with E-state index in [0.717, 1.165) is 22.5 Å². The molecule has 0 unspecified atom stereocenters. The van der Waals surface area contributed by atoms with E-state index in [1.807, 2.05) is 12.1 Å². The maximum absolute atomic E-state index is 4.94. The van der Waals surface area contributed by atoms with Gasteiger partial charge in [-0.2, -0.15) is 0 Å². The minimum absolute atomic E-state index is 0.993. The fourth-order valence-electron chi connectivity index (χ4n) is 3.08. The van der Waals surface area contributed by atoms with Gasteiger partial charge in [-0.25, -0.2) is 4.98 Å². The van der Waals surface area contributed by atoms with Crippen molar-refractivity contribution in [3.8, 4) is 33.6 Å². The van der Waals surface area contributed by atoms with E-state index in [9.17, 15) is 0 Å². The number of pyridine rings is 1. The number of benzene rings is 3. The first-order valence-corrected chi connectivity index (χ1v) is 8.86. The van der Waals surface area contributed by atoms with Crippen LogP contribution < -0.4 is 5.46 Å². The summed E-state index contributed by atoms with van der Waals surface area (Å²) in [5.74, 6) is 0. The van der Waals surface area contributed by atoms with Gasteiger partial charge < -0.3 is 0 Å². The summed E-state index contributed by atoms with van der Waals surface area (Å²) < 4.78 is 0. The molecule has 3 aromatic carbocycles. The first kappa shape index (κ1) is 16.3. The second-order valence-electron chi connectivity index (χ2n) is 6.27. The minimum Gasteiger partial charge on any atom is -0.248 e. The summed E-state index contributed by atoms with van der Waals surface area (Å²) in [6.45, 7) is 2.05. The highest BCUT2D eigenvalue weighted by Gasteiger charge is 2.08. The van der Waals surface area contributed by atoms with Crippen molar-refractivity contribution in [3.63, 3.8) is 0 Å². The van der Waals surface area contributed by atoms with Gasteiger partial charge in [-0.1, -0.05) is 97.2 Å². The van der Waals surface area contributed by atoms with Crippen LogP contribution in [0, 0.1) is 0 Å². The highest BCUT2D eigenvalue weighted by atomic mass is 14.7. The predicted octanol–water partition coefficient (Wildman–Crippen LogP) is 5.46. The molecule has 0 saturated carbocycles. The molecule has 1 radical (unpaired) electrons. The van der Waals surface area contributed by atoms with Crippen LogP contribution in [0.5, 0.6) is 0 Å². The molecular weight excluding hydrogens is 313 g/mol. The molecule has 1 heterocycles. The molecule has 0 saturated heterocycles. The molecule has 0 fully saturated rings. The van der Waals surface area contributed by atoms with Crippen molar-refractivity contribution in [2.24, 2.45) is 0 Å². The summed E-state index contributed by atoms with van der Waals surface area (Å²) in [4.78, 5) is 4.94. The van der Waals surface area contributed by atoms with Crippen molar-refractivity contribution >= 4 is 12.7 Å². The van der Waals surface area contributed by atoms with Crippen LogP contribution in [0.2, 0.25) is 6.82 Å². The van der Waals surface area contributed by atoms with Crippen LogP contribution in [0.15, 0.2) is 97.1 Å². The Morgan fingerprint density at radius 1 is 0.538 bits per heavy atom. The largest absolute Gasteiger partial charge is 0.248 e. The van der Waals surface area contributed by atoms with Gasteiger partial charge in [-0.15, -0.1) is 0 Å². The number of aromatic nitrogens is 1. The molecule has 2 heteroatoms. The van der Waals surface area contributed by atoms with Crippen molar-refractivity contribution in [1.82, 2.24) is 4.98 Å². The number of nitrogens with zero attached hydrogens (tertiary/aromatic N) is 1. The molecule has 0 aliphatic rings. The van der Waals surface area contributed by atoms with Gasteiger partial charge in [0, 0.05) is 11.1 Å². The fourth-order valence-corrected chi connectivity index (χ4v) is 3.08. The number of hydrogen-bond donors (Lipinski definition) is 0. The number of rotatable bonds is 4. The van der Waals surface area contributed by atoms with Crippen LogP contribution in [0.1, 0.15) is 0 Å². The molecule has 4 aromatic rings. The summed E-state index contributed by atoms with van der Waals surface area (Å²) in [5.41, 5.74) is 7.85. The predicted molar refractivity (Wildman–Crippen MR) is 112 cm³/mol. The Bertz CT molecular complexity index is 936. The Morgan fingerprint density at radius 2 is 1.04 bits per heavy atom. The van der Waals surface area contributed by atoms with E-state index in [0.29, 0.717) is 0 Å². The smallest absolute Gasteiger partial charge is 0.148 e. The third-order valence-corrected chi connectivity index (χ3v) is 4.54. The molecule has 0 N–H and O–H groups in total. The summed E-state index contributed by atoms with van der Waals surface area (Å²) in [6, 6.07) is 33.7. The lowest BCUT2D eigenvalue weighted by Gasteiger charge is -2.10. The van der Waals surface area contributed by atoms with E-state index in [1.165, 1.54) is 16.6 Å². The van der Waals surface area contributed by atoms with Crippen molar-refractivity contribution in [1.29, 1.82) is 0 Å². The zero-order chi connectivity index (χ0) is 17.8. The van der Waals surface area contributed by atoms with Crippen molar-refractivity contribution in [2.45, 2.75) is 6.82 Å². The Balaban J connectivity index is 1.87. The lowest BCUT2D eigenvalue weighted by Crippen LogP contribution is -2.08. The Kier molecular flexibility index (Phi) is 4.66. The van der Waals surface area contributed by atoms with Crippen LogP contribution in [0.25, 0.3) is 33.6 Å². The van der Waals surface area contributed by atoms with Crippen molar-refractivity contribution < 1.29 is 0 Å². The lowest BCUT2D eigenvalue weighted by atomic mass is 9.73. The summed E-state index contributed by atoms with van der Waals surface area (Å²) in [5, 5.41) is 0. The Hall–Kier alpha value is -3.13. The van der Waals surface area contributed by atoms with Gasteiger partial charge in [0.2, 0.25) is 0 Å². The molecule has 1 aromatic heterocycles. The topological polar surface area (TPSA) is 12.9 Å². The van der Waals surface area contributed by atoms with E-state index < -0.39 is 0 Å². The molecule has 1 nitrogen and oxygen atoms in total. The van der Waals surface area contributed by atoms with Crippen LogP contribution in [-0.2, 0) is 0 Å². The normalized spacial score (nSPS) is 10.5. The Morgan fingerprint density at radius 3 is 1.58 bits per heavy atom. The standard InChI is InChI=1S/C24H19BN/c1-25-22-14-12-20(13-15-22)24-17-21(18-8-4-2-5-9-18)16-23(26-24)19-10-6-3-7-11-19/h2-17H,1H3. The monoisotopic (exact) mass is 332 g/mol. The van der Waals surface area contributed by atoms with E-state index in [2.05, 4.69) is 99.0 Å². The average Bonchev–Trinajstić information content (AvgIpc) is 2.75. The van der Waals surface area contributed by atoms with Crippen molar-refractivity contribution in [2.75, 3.05) is 0 Å². The van der Waals surface area contributed by atoms with Crippen molar-refractivity contribution in [3.05, 3.63) is 97.1 Å². The first-order chi connectivity index (χ1) is 12.8. The van der Waals surface area contributed by atoms with Crippen LogP contribution in [0.4, 0.5) is 0 Å². The van der Waals surface area contributed by atoms with Crippen LogP contribution >= 0.6 is 0 Å². The fraction of sp³-hybridized carbons (Fsp3) is 0.0417. The van der Waals surface area contributed by atoms with Crippen LogP contribution in [0.3, 0.4) is 0 Å². The van der Waals surface area contributed by atoms with E-state index in [4.69, 9.17) is 4.98 Å².